The van der Waals surface area contributed by atoms with Gasteiger partial charge in [0.1, 0.15) is 11.9 Å². The number of aromatic nitrogens is 2. The van der Waals surface area contributed by atoms with E-state index in [1.165, 1.54) is 0 Å². The normalized spacial score (nSPS) is 12.8. The van der Waals surface area contributed by atoms with Gasteiger partial charge in [-0.1, -0.05) is 23.2 Å². The van der Waals surface area contributed by atoms with Crippen LogP contribution < -0.4 is 4.74 Å². The highest BCUT2D eigenvalue weighted by atomic mass is 35.5. The summed E-state index contributed by atoms with van der Waals surface area (Å²) in [5, 5.41) is 15.4. The van der Waals surface area contributed by atoms with E-state index in [0.29, 0.717) is 22.0 Å². The molecule has 1 unspecified atom stereocenters. The first-order chi connectivity index (χ1) is 9.45. The lowest BCUT2D eigenvalue weighted by Crippen LogP contribution is -2.13. The van der Waals surface area contributed by atoms with Crippen molar-refractivity contribution in [1.82, 2.24) is 9.78 Å². The molecule has 0 saturated heterocycles. The smallest absolute Gasteiger partial charge is 0.126 e. The van der Waals surface area contributed by atoms with Crippen molar-refractivity contribution in [2.75, 3.05) is 7.11 Å². The third kappa shape index (κ3) is 2.67. The number of halogens is 1. The molecule has 0 radical (unpaired) electrons. The van der Waals surface area contributed by atoms with E-state index < -0.39 is 6.10 Å². The van der Waals surface area contributed by atoms with Gasteiger partial charge >= 0.3 is 0 Å². The van der Waals surface area contributed by atoms with E-state index in [1.807, 2.05) is 39.0 Å². The quantitative estimate of drug-likeness (QED) is 0.938. The molecule has 0 aliphatic rings. The highest BCUT2D eigenvalue weighted by Gasteiger charge is 2.24. The van der Waals surface area contributed by atoms with Gasteiger partial charge in [-0.15, -0.1) is 0 Å². The summed E-state index contributed by atoms with van der Waals surface area (Å²) >= 11 is 6.18. The minimum atomic E-state index is -0.873. The minimum Gasteiger partial charge on any atom is -0.496 e. The third-order valence-electron chi connectivity index (χ3n) is 3.21. The van der Waals surface area contributed by atoms with Crippen LogP contribution in [0.25, 0.3) is 0 Å². The first-order valence-electron chi connectivity index (χ1n) is 6.51. The minimum absolute atomic E-state index is 0.114. The maximum Gasteiger partial charge on any atom is 0.126 e. The van der Waals surface area contributed by atoms with Gasteiger partial charge in [-0.2, -0.15) is 5.10 Å². The Bertz CT molecular complexity index is 608. The number of benzene rings is 1. The van der Waals surface area contributed by atoms with Gasteiger partial charge in [-0.25, -0.2) is 0 Å². The van der Waals surface area contributed by atoms with Gasteiger partial charge in [0.05, 0.1) is 24.0 Å². The summed E-state index contributed by atoms with van der Waals surface area (Å²) in [6.45, 7) is 5.96. The molecule has 1 aromatic carbocycles. The van der Waals surface area contributed by atoms with Crippen LogP contribution in [-0.2, 0) is 0 Å². The predicted octanol–water partition coefficient (Wildman–Crippen LogP) is 3.52. The highest BCUT2D eigenvalue weighted by Crippen LogP contribution is 2.35. The van der Waals surface area contributed by atoms with Crippen molar-refractivity contribution in [2.24, 2.45) is 0 Å². The van der Waals surface area contributed by atoms with Crippen LogP contribution in [0.2, 0.25) is 5.02 Å². The van der Waals surface area contributed by atoms with Crippen LogP contribution >= 0.6 is 11.6 Å². The first-order valence-corrected chi connectivity index (χ1v) is 6.89. The Hall–Kier alpha value is -1.52. The number of aliphatic hydroxyl groups excluding tert-OH is 1. The monoisotopic (exact) mass is 294 g/mol. The average molecular weight is 295 g/mol. The number of hydrogen-bond acceptors (Lipinski definition) is 3. The van der Waals surface area contributed by atoms with Crippen LogP contribution in [-0.4, -0.2) is 22.0 Å². The zero-order chi connectivity index (χ0) is 14.9. The molecule has 2 rings (SSSR count). The second-order valence-corrected chi connectivity index (χ2v) is 5.47. The van der Waals surface area contributed by atoms with Crippen molar-refractivity contribution in [2.45, 2.75) is 32.9 Å². The number of nitrogens with zero attached hydrogens (tertiary/aromatic N) is 2. The SMILES string of the molecule is COc1ccc(C)cc1C(O)c1c(Cl)cnn1C(C)C. The van der Waals surface area contributed by atoms with Crippen LogP contribution in [0.3, 0.4) is 0 Å². The molecule has 2 aromatic rings. The lowest BCUT2D eigenvalue weighted by atomic mass is 10.0. The molecule has 0 aliphatic heterocycles. The second kappa shape index (κ2) is 5.85. The van der Waals surface area contributed by atoms with Gasteiger partial charge in [0.15, 0.2) is 0 Å². The van der Waals surface area contributed by atoms with E-state index in [2.05, 4.69) is 5.10 Å². The number of methoxy groups -OCH3 is 1. The van der Waals surface area contributed by atoms with Crippen molar-refractivity contribution >= 4 is 11.6 Å². The van der Waals surface area contributed by atoms with Crippen LogP contribution in [0, 0.1) is 6.92 Å². The third-order valence-corrected chi connectivity index (χ3v) is 3.51. The Morgan fingerprint density at radius 2 is 2.05 bits per heavy atom. The molecule has 0 fully saturated rings. The number of rotatable bonds is 4. The van der Waals surface area contributed by atoms with E-state index in [1.54, 1.807) is 18.0 Å². The zero-order valence-corrected chi connectivity index (χ0v) is 12.8. The number of ether oxygens (including phenoxy) is 1. The van der Waals surface area contributed by atoms with Crippen molar-refractivity contribution < 1.29 is 9.84 Å². The summed E-state index contributed by atoms with van der Waals surface area (Å²) in [4.78, 5) is 0. The summed E-state index contributed by atoms with van der Waals surface area (Å²) < 4.78 is 7.06. The fourth-order valence-corrected chi connectivity index (χ4v) is 2.47. The van der Waals surface area contributed by atoms with E-state index in [9.17, 15) is 5.11 Å². The lowest BCUT2D eigenvalue weighted by Gasteiger charge is -2.19. The highest BCUT2D eigenvalue weighted by molar-refractivity contribution is 6.31. The number of aryl methyl sites for hydroxylation is 1. The molecule has 0 saturated carbocycles. The standard InChI is InChI=1S/C15H19ClN2O2/c1-9(2)18-14(12(16)8-17-18)15(19)11-7-10(3)5-6-13(11)20-4/h5-9,15,19H,1-4H3. The van der Waals surface area contributed by atoms with Gasteiger partial charge < -0.3 is 9.84 Å². The van der Waals surface area contributed by atoms with Gasteiger partial charge in [0.2, 0.25) is 0 Å². The summed E-state index contributed by atoms with van der Waals surface area (Å²) in [5.74, 6) is 0.635. The second-order valence-electron chi connectivity index (χ2n) is 5.06. The predicted molar refractivity (Wildman–Crippen MR) is 79.4 cm³/mol. The molecule has 1 N–H and O–H groups in total. The summed E-state index contributed by atoms with van der Waals surface area (Å²) in [7, 11) is 1.59. The van der Waals surface area contributed by atoms with Gasteiger partial charge in [-0.05, 0) is 32.9 Å². The number of aliphatic hydroxyl groups is 1. The van der Waals surface area contributed by atoms with Crippen molar-refractivity contribution in [1.29, 1.82) is 0 Å². The molecule has 0 aliphatic carbocycles. The summed E-state index contributed by atoms with van der Waals surface area (Å²) in [6, 6.07) is 5.80. The Balaban J connectivity index is 2.54. The molecule has 0 amide bonds. The molecule has 0 spiro atoms. The topological polar surface area (TPSA) is 47.3 Å². The Morgan fingerprint density at radius 3 is 2.65 bits per heavy atom. The molecule has 20 heavy (non-hydrogen) atoms. The van der Waals surface area contributed by atoms with Crippen LogP contribution in [0.4, 0.5) is 0 Å². The van der Waals surface area contributed by atoms with Crippen LogP contribution in [0.5, 0.6) is 5.75 Å². The van der Waals surface area contributed by atoms with Crippen molar-refractivity contribution in [3.63, 3.8) is 0 Å². The Morgan fingerprint density at radius 1 is 1.35 bits per heavy atom. The maximum absolute atomic E-state index is 10.7. The maximum atomic E-state index is 10.7. The molecule has 0 bridgehead atoms. The van der Waals surface area contributed by atoms with E-state index >= 15 is 0 Å². The lowest BCUT2D eigenvalue weighted by molar-refractivity contribution is 0.200. The molecule has 4 nitrogen and oxygen atoms in total. The summed E-state index contributed by atoms with van der Waals surface area (Å²) in [5.41, 5.74) is 2.33. The largest absolute Gasteiger partial charge is 0.496 e. The summed E-state index contributed by atoms with van der Waals surface area (Å²) in [6.07, 6.45) is 0.685. The molecular weight excluding hydrogens is 276 g/mol. The van der Waals surface area contributed by atoms with E-state index in [-0.39, 0.29) is 6.04 Å². The molecular formula is C15H19ClN2O2. The molecule has 1 atom stereocenters. The van der Waals surface area contributed by atoms with Crippen LogP contribution in [0.1, 0.15) is 42.8 Å². The Labute approximate surface area is 123 Å². The first kappa shape index (κ1) is 14.9. The molecule has 1 aromatic heterocycles. The fourth-order valence-electron chi connectivity index (χ4n) is 2.23. The van der Waals surface area contributed by atoms with Gasteiger partial charge in [-0.3, -0.25) is 4.68 Å². The van der Waals surface area contributed by atoms with E-state index in [0.717, 1.165) is 5.56 Å². The molecule has 5 heteroatoms. The van der Waals surface area contributed by atoms with E-state index in [4.69, 9.17) is 16.3 Å². The van der Waals surface area contributed by atoms with Crippen LogP contribution in [0.15, 0.2) is 24.4 Å². The Kier molecular flexibility index (Phi) is 4.35. The molecule has 1 heterocycles. The fraction of sp³-hybridized carbons (Fsp3) is 0.400. The van der Waals surface area contributed by atoms with Crippen molar-refractivity contribution in [3.8, 4) is 5.75 Å². The zero-order valence-electron chi connectivity index (χ0n) is 12.1. The van der Waals surface area contributed by atoms with Gasteiger partial charge in [0, 0.05) is 11.6 Å². The number of hydrogen-bond donors (Lipinski definition) is 1. The average Bonchev–Trinajstić information content (AvgIpc) is 2.80. The molecule has 108 valence electrons. The van der Waals surface area contributed by atoms with Gasteiger partial charge in [0.25, 0.3) is 0 Å². The van der Waals surface area contributed by atoms with Crippen molar-refractivity contribution in [3.05, 3.63) is 46.2 Å².